The van der Waals surface area contributed by atoms with Crippen molar-refractivity contribution in [2.24, 2.45) is 5.92 Å². The number of halogens is 1. The van der Waals surface area contributed by atoms with E-state index >= 15 is 0 Å². The van der Waals surface area contributed by atoms with Gasteiger partial charge in [-0.3, -0.25) is 4.79 Å². The van der Waals surface area contributed by atoms with Crippen LogP contribution in [0.1, 0.15) is 37.4 Å². The monoisotopic (exact) mass is 302 g/mol. The summed E-state index contributed by atoms with van der Waals surface area (Å²) in [7, 11) is 1.89. The quantitative estimate of drug-likeness (QED) is 0.919. The fourth-order valence-electron chi connectivity index (χ4n) is 3.42. The summed E-state index contributed by atoms with van der Waals surface area (Å²) in [5, 5.41) is 0.934. The maximum absolute atomic E-state index is 13.5. The number of aromatic nitrogens is 1. The fourth-order valence-corrected chi connectivity index (χ4v) is 3.42. The molecule has 1 atom stereocenters. The molecule has 1 heterocycles. The maximum atomic E-state index is 13.5. The number of benzene rings is 1. The van der Waals surface area contributed by atoms with Crippen molar-refractivity contribution in [1.82, 2.24) is 9.88 Å². The number of carbonyl (C=O) groups excluding carboxylic acids is 1. The van der Waals surface area contributed by atoms with Crippen LogP contribution in [0.15, 0.2) is 18.2 Å². The summed E-state index contributed by atoms with van der Waals surface area (Å²) >= 11 is 0. The van der Waals surface area contributed by atoms with Crippen molar-refractivity contribution < 1.29 is 9.18 Å². The number of rotatable bonds is 4. The SMILES string of the molecule is CCCCN(C)C(=O)C1CCc2[nH]c3ccc(F)cc3c2C1. The highest BCUT2D eigenvalue weighted by molar-refractivity contribution is 5.87. The minimum Gasteiger partial charge on any atom is -0.358 e. The molecule has 0 saturated heterocycles. The Morgan fingerprint density at radius 2 is 2.27 bits per heavy atom. The van der Waals surface area contributed by atoms with Crippen molar-refractivity contribution in [3.8, 4) is 0 Å². The molecule has 4 heteroatoms. The summed E-state index contributed by atoms with van der Waals surface area (Å²) < 4.78 is 13.5. The van der Waals surface area contributed by atoms with Crippen LogP contribution in [0.25, 0.3) is 10.9 Å². The Kier molecular flexibility index (Phi) is 4.19. The smallest absolute Gasteiger partial charge is 0.225 e. The minimum atomic E-state index is -0.220. The highest BCUT2D eigenvalue weighted by atomic mass is 19.1. The van der Waals surface area contributed by atoms with Crippen LogP contribution in [-0.2, 0) is 17.6 Å². The van der Waals surface area contributed by atoms with Crippen LogP contribution in [0, 0.1) is 11.7 Å². The lowest BCUT2D eigenvalue weighted by Crippen LogP contribution is -2.36. The molecule has 2 aromatic rings. The molecule has 0 fully saturated rings. The highest BCUT2D eigenvalue weighted by Crippen LogP contribution is 2.32. The molecule has 1 aromatic heterocycles. The van der Waals surface area contributed by atoms with E-state index in [1.165, 1.54) is 11.8 Å². The van der Waals surface area contributed by atoms with Crippen LogP contribution in [0.4, 0.5) is 4.39 Å². The molecule has 0 spiro atoms. The number of hydrogen-bond acceptors (Lipinski definition) is 1. The Morgan fingerprint density at radius 1 is 1.45 bits per heavy atom. The van der Waals surface area contributed by atoms with Crippen LogP contribution >= 0.6 is 0 Å². The van der Waals surface area contributed by atoms with Gasteiger partial charge in [-0.1, -0.05) is 13.3 Å². The summed E-state index contributed by atoms with van der Waals surface area (Å²) in [4.78, 5) is 17.8. The lowest BCUT2D eigenvalue weighted by Gasteiger charge is -2.26. The van der Waals surface area contributed by atoms with E-state index in [0.717, 1.165) is 48.7 Å². The van der Waals surface area contributed by atoms with Crippen LogP contribution in [0.5, 0.6) is 0 Å². The van der Waals surface area contributed by atoms with E-state index in [-0.39, 0.29) is 17.6 Å². The van der Waals surface area contributed by atoms with Gasteiger partial charge in [-0.15, -0.1) is 0 Å². The number of hydrogen-bond donors (Lipinski definition) is 1. The van der Waals surface area contributed by atoms with Crippen molar-refractivity contribution in [3.05, 3.63) is 35.3 Å². The van der Waals surface area contributed by atoms with Crippen LogP contribution in [0.3, 0.4) is 0 Å². The number of H-pyrrole nitrogens is 1. The number of amides is 1. The van der Waals surface area contributed by atoms with Crippen LogP contribution in [-0.4, -0.2) is 29.4 Å². The Bertz CT molecular complexity index is 692. The third kappa shape index (κ3) is 2.74. The highest BCUT2D eigenvalue weighted by Gasteiger charge is 2.29. The normalized spacial score (nSPS) is 17.5. The molecule has 3 nitrogen and oxygen atoms in total. The summed E-state index contributed by atoms with van der Waals surface area (Å²) in [6.45, 7) is 2.95. The number of nitrogens with one attached hydrogen (secondary N) is 1. The lowest BCUT2D eigenvalue weighted by atomic mass is 9.85. The van der Waals surface area contributed by atoms with Gasteiger partial charge in [0.05, 0.1) is 0 Å². The van der Waals surface area contributed by atoms with Gasteiger partial charge in [-0.2, -0.15) is 0 Å². The van der Waals surface area contributed by atoms with Gasteiger partial charge in [0, 0.05) is 36.1 Å². The number of aryl methyl sites for hydroxylation is 1. The van der Waals surface area contributed by atoms with Crippen molar-refractivity contribution in [2.75, 3.05) is 13.6 Å². The summed E-state index contributed by atoms with van der Waals surface area (Å²) in [5.74, 6) is 0.0318. The van der Waals surface area contributed by atoms with E-state index in [2.05, 4.69) is 11.9 Å². The van der Waals surface area contributed by atoms with E-state index in [1.807, 2.05) is 11.9 Å². The van der Waals surface area contributed by atoms with Crippen molar-refractivity contribution >= 4 is 16.8 Å². The molecule has 0 radical (unpaired) electrons. The van der Waals surface area contributed by atoms with Crippen molar-refractivity contribution in [2.45, 2.75) is 39.0 Å². The summed E-state index contributed by atoms with van der Waals surface area (Å²) in [6, 6.07) is 4.84. The van der Waals surface area contributed by atoms with Gasteiger partial charge >= 0.3 is 0 Å². The number of aromatic amines is 1. The molecule has 1 unspecified atom stereocenters. The second-order valence-corrected chi connectivity index (χ2v) is 6.33. The average Bonchev–Trinajstić information content (AvgIpc) is 2.89. The van der Waals surface area contributed by atoms with Crippen LogP contribution in [0.2, 0.25) is 0 Å². The number of fused-ring (bicyclic) bond motifs is 3. The largest absolute Gasteiger partial charge is 0.358 e. The Morgan fingerprint density at radius 3 is 3.05 bits per heavy atom. The zero-order valence-electron chi connectivity index (χ0n) is 13.3. The molecule has 118 valence electrons. The molecule has 1 aliphatic carbocycles. The molecule has 0 saturated carbocycles. The second-order valence-electron chi connectivity index (χ2n) is 6.33. The Hall–Kier alpha value is -1.84. The zero-order valence-corrected chi connectivity index (χ0v) is 13.3. The molecule has 3 rings (SSSR count). The zero-order chi connectivity index (χ0) is 15.7. The average molecular weight is 302 g/mol. The van der Waals surface area contributed by atoms with Crippen molar-refractivity contribution in [3.63, 3.8) is 0 Å². The molecular formula is C18H23FN2O. The summed E-state index contributed by atoms with van der Waals surface area (Å²) in [6.07, 6.45) is 4.59. The molecule has 0 bridgehead atoms. The molecular weight excluding hydrogens is 279 g/mol. The Balaban J connectivity index is 1.82. The van der Waals surface area contributed by atoms with Gasteiger partial charge in [0.25, 0.3) is 0 Å². The van der Waals surface area contributed by atoms with Gasteiger partial charge < -0.3 is 9.88 Å². The predicted molar refractivity (Wildman–Crippen MR) is 86.3 cm³/mol. The topological polar surface area (TPSA) is 36.1 Å². The number of unbranched alkanes of at least 4 members (excludes halogenated alkanes) is 1. The number of nitrogens with zero attached hydrogens (tertiary/aromatic N) is 1. The first-order valence-corrected chi connectivity index (χ1v) is 8.14. The summed E-state index contributed by atoms with van der Waals surface area (Å²) in [5.41, 5.74) is 3.27. The molecule has 1 aromatic carbocycles. The third-order valence-electron chi connectivity index (χ3n) is 4.72. The van der Waals surface area contributed by atoms with Gasteiger partial charge in [0.15, 0.2) is 0 Å². The first kappa shape index (κ1) is 15.1. The Labute approximate surface area is 130 Å². The standard InChI is InChI=1S/C18H23FN2O/c1-3-4-9-21(2)18(22)12-5-7-16-14(10-12)15-11-13(19)6-8-17(15)20-16/h6,8,11-12,20H,3-5,7,9-10H2,1-2H3. The van der Waals surface area contributed by atoms with E-state index in [4.69, 9.17) is 0 Å². The first-order chi connectivity index (χ1) is 10.6. The minimum absolute atomic E-state index is 0.0247. The van der Waals surface area contributed by atoms with E-state index in [9.17, 15) is 9.18 Å². The number of carbonyl (C=O) groups is 1. The molecule has 1 N–H and O–H groups in total. The van der Waals surface area contributed by atoms with Gasteiger partial charge in [-0.05, 0) is 49.4 Å². The van der Waals surface area contributed by atoms with E-state index in [1.54, 1.807) is 12.1 Å². The van der Waals surface area contributed by atoms with Gasteiger partial charge in [-0.25, -0.2) is 4.39 Å². The van der Waals surface area contributed by atoms with Gasteiger partial charge in [0.2, 0.25) is 5.91 Å². The molecule has 1 amide bonds. The van der Waals surface area contributed by atoms with Gasteiger partial charge in [0.1, 0.15) is 5.82 Å². The maximum Gasteiger partial charge on any atom is 0.225 e. The molecule has 22 heavy (non-hydrogen) atoms. The van der Waals surface area contributed by atoms with E-state index < -0.39 is 0 Å². The van der Waals surface area contributed by atoms with Crippen molar-refractivity contribution in [1.29, 1.82) is 0 Å². The first-order valence-electron chi connectivity index (χ1n) is 8.14. The fraction of sp³-hybridized carbons (Fsp3) is 0.500. The predicted octanol–water partition coefficient (Wildman–Crippen LogP) is 3.67. The molecule has 0 aliphatic heterocycles. The second kappa shape index (κ2) is 6.11. The van der Waals surface area contributed by atoms with Crippen LogP contribution < -0.4 is 0 Å². The van der Waals surface area contributed by atoms with E-state index in [0.29, 0.717) is 6.42 Å². The third-order valence-corrected chi connectivity index (χ3v) is 4.72. The lowest BCUT2D eigenvalue weighted by molar-refractivity contribution is -0.134. The molecule has 1 aliphatic rings.